The van der Waals surface area contributed by atoms with Crippen LogP contribution in [0, 0.1) is 0 Å². The molecular formula is C7H9NO. The predicted octanol–water partition coefficient (Wildman–Crippen LogP) is 0.937. The van der Waals surface area contributed by atoms with Crippen LogP contribution in [0.25, 0.3) is 0 Å². The molecule has 0 aliphatic carbocycles. The van der Waals surface area contributed by atoms with Gasteiger partial charge < -0.3 is 4.98 Å². The summed E-state index contributed by atoms with van der Waals surface area (Å²) in [6.07, 6.45) is 0.434. The molecule has 2 nitrogen and oxygen atoms in total. The van der Waals surface area contributed by atoms with Gasteiger partial charge in [0.1, 0.15) is 0 Å². The van der Waals surface area contributed by atoms with Gasteiger partial charge in [0.05, 0.1) is 4.11 Å². The van der Waals surface area contributed by atoms with Gasteiger partial charge in [-0.1, -0.05) is 13.0 Å². The van der Waals surface area contributed by atoms with Gasteiger partial charge >= 0.3 is 0 Å². The van der Waals surface area contributed by atoms with Crippen LogP contribution in [-0.2, 0) is 6.42 Å². The number of rotatable bonds is 1. The molecule has 0 atom stereocenters. The van der Waals surface area contributed by atoms with Gasteiger partial charge in [-0.2, -0.15) is 0 Å². The zero-order valence-electron chi connectivity index (χ0n) is 8.12. The molecule has 1 aromatic heterocycles. The molecule has 1 heterocycles. The van der Waals surface area contributed by atoms with Gasteiger partial charge in [-0.05, 0) is 12.0 Å². The van der Waals surface area contributed by atoms with Crippen molar-refractivity contribution in [2.75, 3.05) is 0 Å². The number of aromatic nitrogens is 1. The summed E-state index contributed by atoms with van der Waals surface area (Å²) in [4.78, 5) is 13.0. The second kappa shape index (κ2) is 2.49. The van der Waals surface area contributed by atoms with Crippen LogP contribution < -0.4 is 5.56 Å². The van der Waals surface area contributed by atoms with Gasteiger partial charge in [0.15, 0.2) is 0 Å². The van der Waals surface area contributed by atoms with E-state index in [9.17, 15) is 4.79 Å². The van der Waals surface area contributed by atoms with Gasteiger partial charge in [0.2, 0.25) is 5.56 Å². The van der Waals surface area contributed by atoms with Crippen molar-refractivity contribution in [3.05, 3.63) is 34.2 Å². The van der Waals surface area contributed by atoms with Gasteiger partial charge in [0.25, 0.3) is 0 Å². The topological polar surface area (TPSA) is 32.9 Å². The molecule has 1 N–H and O–H groups in total. The third-order valence-corrected chi connectivity index (χ3v) is 1.01. The average Bonchev–Trinajstić information content (AvgIpc) is 2.01. The first-order valence-electron chi connectivity index (χ1n) is 4.26. The first-order valence-corrected chi connectivity index (χ1v) is 2.76. The summed E-state index contributed by atoms with van der Waals surface area (Å²) in [7, 11) is 0. The van der Waals surface area contributed by atoms with Crippen molar-refractivity contribution in [1.82, 2.24) is 4.98 Å². The largest absolute Gasteiger partial charge is 0.329 e. The molecule has 9 heavy (non-hydrogen) atoms. The van der Waals surface area contributed by atoms with E-state index >= 15 is 0 Å². The molecular weight excluding hydrogens is 114 g/mol. The highest BCUT2D eigenvalue weighted by atomic mass is 16.1. The summed E-state index contributed by atoms with van der Waals surface area (Å²) in [5.74, 6) is 0. The lowest BCUT2D eigenvalue weighted by Crippen LogP contribution is -2.01. The van der Waals surface area contributed by atoms with Crippen molar-refractivity contribution in [3.63, 3.8) is 0 Å². The van der Waals surface area contributed by atoms with Crippen molar-refractivity contribution in [2.45, 2.75) is 13.3 Å². The lowest BCUT2D eigenvalue weighted by molar-refractivity contribution is 1.08. The van der Waals surface area contributed by atoms with E-state index in [1.807, 2.05) is 0 Å². The lowest BCUT2D eigenvalue weighted by atomic mass is 10.2. The number of aromatic amines is 1. The Hall–Kier alpha value is -1.05. The minimum absolute atomic E-state index is 0.0523. The van der Waals surface area contributed by atoms with Gasteiger partial charge in [-0.25, -0.2) is 0 Å². The van der Waals surface area contributed by atoms with Crippen molar-refractivity contribution in [2.24, 2.45) is 0 Å². The lowest BCUT2D eigenvalue weighted by Gasteiger charge is -1.90. The SMILES string of the molecule is [2H]c1[nH]c(=O)c([2H])c([2H])c1CC. The smallest absolute Gasteiger partial charge is 0.247 e. The molecule has 0 bridgehead atoms. The minimum Gasteiger partial charge on any atom is -0.329 e. The monoisotopic (exact) mass is 126 g/mol. The Morgan fingerprint density at radius 2 is 2.56 bits per heavy atom. The van der Waals surface area contributed by atoms with Crippen LogP contribution in [-0.4, -0.2) is 4.98 Å². The summed E-state index contributed by atoms with van der Waals surface area (Å²) in [5.41, 5.74) is -0.248. The Morgan fingerprint density at radius 3 is 3.22 bits per heavy atom. The van der Waals surface area contributed by atoms with Crippen LogP contribution >= 0.6 is 0 Å². The molecule has 0 unspecified atom stereocenters. The third kappa shape index (κ3) is 1.42. The molecule has 0 amide bonds. The van der Waals surface area contributed by atoms with Crippen LogP contribution in [0.4, 0.5) is 0 Å². The van der Waals surface area contributed by atoms with E-state index in [-0.39, 0.29) is 18.3 Å². The molecule has 0 fully saturated rings. The van der Waals surface area contributed by atoms with E-state index in [1.165, 1.54) is 0 Å². The molecule has 0 saturated heterocycles. The highest BCUT2D eigenvalue weighted by Crippen LogP contribution is 1.91. The van der Waals surface area contributed by atoms with Crippen LogP contribution in [0.1, 0.15) is 16.6 Å². The van der Waals surface area contributed by atoms with Gasteiger partial charge in [-0.3, -0.25) is 4.79 Å². The molecule has 0 aliphatic heterocycles. The standard InChI is InChI=1S/C7H9NO/c1-2-6-3-4-7(9)8-5-6/h3-5H,2H2,1H3,(H,8,9)/i3D,4D,5D. The maximum absolute atomic E-state index is 10.8. The van der Waals surface area contributed by atoms with Crippen molar-refractivity contribution >= 4 is 0 Å². The van der Waals surface area contributed by atoms with Crippen LogP contribution in [0.5, 0.6) is 0 Å². The molecule has 0 spiro atoms. The van der Waals surface area contributed by atoms with E-state index in [1.54, 1.807) is 6.92 Å². The first kappa shape index (κ1) is 3.20. The molecule has 0 saturated carbocycles. The molecule has 1 rings (SSSR count). The summed E-state index contributed by atoms with van der Waals surface area (Å²) in [5, 5.41) is 0. The molecule has 48 valence electrons. The highest BCUT2D eigenvalue weighted by molar-refractivity contribution is 5.07. The maximum atomic E-state index is 10.8. The van der Waals surface area contributed by atoms with E-state index in [4.69, 9.17) is 4.11 Å². The van der Waals surface area contributed by atoms with Crippen molar-refractivity contribution < 1.29 is 4.11 Å². The summed E-state index contributed by atoms with van der Waals surface area (Å²) in [6, 6.07) is -0.492. The van der Waals surface area contributed by atoms with E-state index in [0.29, 0.717) is 12.0 Å². The summed E-state index contributed by atoms with van der Waals surface area (Å²) < 4.78 is 21.8. The number of nitrogens with one attached hydrogen (secondary N) is 1. The van der Waals surface area contributed by atoms with Gasteiger partial charge in [-0.15, -0.1) is 0 Å². The predicted molar refractivity (Wildman–Crippen MR) is 36.4 cm³/mol. The Bertz CT molecular complexity index is 358. The average molecular weight is 126 g/mol. The van der Waals surface area contributed by atoms with Crippen molar-refractivity contribution in [3.8, 4) is 0 Å². The van der Waals surface area contributed by atoms with Gasteiger partial charge in [0, 0.05) is 12.2 Å². The number of hydrogen-bond acceptors (Lipinski definition) is 1. The zero-order chi connectivity index (χ0) is 9.30. The molecule has 0 aromatic carbocycles. The highest BCUT2D eigenvalue weighted by Gasteiger charge is 1.84. The molecule has 1 aromatic rings. The Kier molecular flexibility index (Phi) is 0.884. The quantitative estimate of drug-likeness (QED) is 0.596. The van der Waals surface area contributed by atoms with Crippen LogP contribution in [0.2, 0.25) is 0 Å². The molecule has 0 aliphatic rings. The van der Waals surface area contributed by atoms with Crippen LogP contribution in [0.3, 0.4) is 0 Å². The molecule has 2 heteroatoms. The zero-order valence-corrected chi connectivity index (χ0v) is 5.12. The van der Waals surface area contributed by atoms with E-state index < -0.39 is 5.56 Å². The normalized spacial score (nSPS) is 14.1. The second-order valence-corrected chi connectivity index (χ2v) is 1.66. The van der Waals surface area contributed by atoms with Crippen molar-refractivity contribution in [1.29, 1.82) is 0 Å². The van der Waals surface area contributed by atoms with Crippen LogP contribution in [0.15, 0.2) is 23.1 Å². The number of hydrogen-bond donors (Lipinski definition) is 1. The Labute approximate surface area is 57.8 Å². The van der Waals surface area contributed by atoms with E-state index in [2.05, 4.69) is 4.98 Å². The first-order chi connectivity index (χ1) is 5.57. The minimum atomic E-state index is -0.665. The second-order valence-electron chi connectivity index (χ2n) is 1.66. The Morgan fingerprint density at radius 1 is 1.78 bits per heavy atom. The number of H-pyrrole nitrogens is 1. The Balaban J connectivity index is 3.51. The third-order valence-electron chi connectivity index (χ3n) is 1.01. The fourth-order valence-corrected chi connectivity index (χ4v) is 0.504. The summed E-state index contributed by atoms with van der Waals surface area (Å²) in [6.45, 7) is 1.78. The fourth-order valence-electron chi connectivity index (χ4n) is 0.504. The number of pyridine rings is 1. The maximum Gasteiger partial charge on any atom is 0.247 e. The van der Waals surface area contributed by atoms with E-state index in [0.717, 1.165) is 0 Å². The summed E-state index contributed by atoms with van der Waals surface area (Å²) >= 11 is 0. The molecule has 0 radical (unpaired) electrons. The fraction of sp³-hybridized carbons (Fsp3) is 0.286.